The summed E-state index contributed by atoms with van der Waals surface area (Å²) < 4.78 is 4.89. The van der Waals surface area contributed by atoms with Gasteiger partial charge in [-0.05, 0) is 66.6 Å². The lowest BCUT2D eigenvalue weighted by atomic mass is 9.90. The van der Waals surface area contributed by atoms with Crippen molar-refractivity contribution in [3.8, 4) is 0 Å². The van der Waals surface area contributed by atoms with Crippen LogP contribution in [0.1, 0.15) is 98.8 Å². The van der Waals surface area contributed by atoms with Crippen molar-refractivity contribution in [3.63, 3.8) is 0 Å². The highest BCUT2D eigenvalue weighted by Crippen LogP contribution is 2.32. The molecule has 0 heterocycles. The highest BCUT2D eigenvalue weighted by Gasteiger charge is 2.41. The maximum absolute atomic E-state index is 13.4. The summed E-state index contributed by atoms with van der Waals surface area (Å²) in [5.74, 6) is -0.392. The minimum atomic E-state index is -0.794. The maximum Gasteiger partial charge on any atom is 0.408 e. The largest absolute Gasteiger partial charge is 0.444 e. The van der Waals surface area contributed by atoms with E-state index >= 15 is 0 Å². The number of rotatable bonds is 7. The summed E-state index contributed by atoms with van der Waals surface area (Å²) in [5.41, 5.74) is -0.627. The normalized spacial score (nSPS) is 20.6. The molecule has 0 saturated heterocycles. The van der Waals surface area contributed by atoms with E-state index in [9.17, 15) is 9.59 Å². The molecule has 174 valence electrons. The van der Waals surface area contributed by atoms with Crippen LogP contribution in [0.4, 0.5) is 4.79 Å². The fourth-order valence-electron chi connectivity index (χ4n) is 4.33. The number of hydroxylamine groups is 2. The zero-order chi connectivity index (χ0) is 22.4. The molecular formula is C23H42N2O4S. The number of hydrogen-bond donors (Lipinski definition) is 1. The standard InChI is InChI=1S/C23H42N2O4S/c1-22(2,3)28-21(27)24-19(23(4,5)30-6)20(26)29-25(17-13-9-7-10-14-17)18-15-11-8-12-16-18/h17-19H,7-16H2,1-6H3,(H,24,27)/t19-/m1/s1. The molecule has 1 atom stereocenters. The summed E-state index contributed by atoms with van der Waals surface area (Å²) in [4.78, 5) is 32.0. The molecule has 0 spiro atoms. The molecule has 2 aliphatic carbocycles. The summed E-state index contributed by atoms with van der Waals surface area (Å²) >= 11 is 1.53. The van der Waals surface area contributed by atoms with Gasteiger partial charge in [0.15, 0.2) is 0 Å². The highest BCUT2D eigenvalue weighted by molar-refractivity contribution is 8.00. The van der Waals surface area contributed by atoms with Gasteiger partial charge in [-0.1, -0.05) is 38.5 Å². The van der Waals surface area contributed by atoms with Crippen molar-refractivity contribution in [2.24, 2.45) is 0 Å². The zero-order valence-corrected chi connectivity index (χ0v) is 20.6. The van der Waals surface area contributed by atoms with Gasteiger partial charge in [0.2, 0.25) is 0 Å². The van der Waals surface area contributed by atoms with E-state index in [4.69, 9.17) is 9.57 Å². The van der Waals surface area contributed by atoms with Crippen molar-refractivity contribution in [2.45, 2.75) is 127 Å². The Labute approximate surface area is 187 Å². The number of alkyl carbamates (subject to hydrolysis) is 1. The summed E-state index contributed by atoms with van der Waals surface area (Å²) in [6, 6.07) is -0.229. The Hall–Kier alpha value is -0.950. The number of nitrogens with one attached hydrogen (secondary N) is 1. The maximum atomic E-state index is 13.4. The average molecular weight is 443 g/mol. The third kappa shape index (κ3) is 7.63. The van der Waals surface area contributed by atoms with Gasteiger partial charge in [0.25, 0.3) is 0 Å². The van der Waals surface area contributed by atoms with Crippen molar-refractivity contribution in [2.75, 3.05) is 6.26 Å². The van der Waals surface area contributed by atoms with Crippen molar-refractivity contribution in [1.29, 1.82) is 0 Å². The molecule has 2 saturated carbocycles. The molecule has 6 nitrogen and oxygen atoms in total. The molecule has 0 aliphatic heterocycles. The van der Waals surface area contributed by atoms with Crippen molar-refractivity contribution in [3.05, 3.63) is 0 Å². The third-order valence-corrected chi connectivity index (χ3v) is 7.47. The van der Waals surface area contributed by atoms with Crippen LogP contribution in [0.2, 0.25) is 0 Å². The van der Waals surface area contributed by atoms with Crippen LogP contribution in [0.25, 0.3) is 0 Å². The molecule has 2 aliphatic rings. The van der Waals surface area contributed by atoms with E-state index in [1.165, 1.54) is 50.3 Å². The van der Waals surface area contributed by atoms with Gasteiger partial charge < -0.3 is 14.9 Å². The first-order valence-electron chi connectivity index (χ1n) is 11.6. The summed E-state index contributed by atoms with van der Waals surface area (Å²) in [6.45, 7) is 9.34. The van der Waals surface area contributed by atoms with E-state index in [2.05, 4.69) is 5.32 Å². The highest BCUT2D eigenvalue weighted by atomic mass is 32.2. The van der Waals surface area contributed by atoms with Crippen LogP contribution in [-0.2, 0) is 14.4 Å². The Bertz CT molecular complexity index is 546. The van der Waals surface area contributed by atoms with E-state index in [1.54, 1.807) is 0 Å². The first kappa shape index (κ1) is 25.3. The molecule has 30 heavy (non-hydrogen) atoms. The third-order valence-electron chi connectivity index (χ3n) is 6.18. The second-order valence-electron chi connectivity index (χ2n) is 10.2. The van der Waals surface area contributed by atoms with E-state index < -0.39 is 28.5 Å². The smallest absolute Gasteiger partial charge is 0.408 e. The quantitative estimate of drug-likeness (QED) is 0.529. The van der Waals surface area contributed by atoms with E-state index in [0.717, 1.165) is 25.7 Å². The minimum Gasteiger partial charge on any atom is -0.444 e. The lowest BCUT2D eigenvalue weighted by Crippen LogP contribution is -2.57. The van der Waals surface area contributed by atoms with Crippen molar-refractivity contribution >= 4 is 23.8 Å². The van der Waals surface area contributed by atoms with E-state index in [1.807, 2.05) is 45.9 Å². The van der Waals surface area contributed by atoms with Gasteiger partial charge in [0.1, 0.15) is 11.6 Å². The van der Waals surface area contributed by atoms with Crippen LogP contribution in [0.15, 0.2) is 0 Å². The number of carbonyl (C=O) groups is 2. The van der Waals surface area contributed by atoms with Gasteiger partial charge in [0.05, 0.1) is 0 Å². The van der Waals surface area contributed by atoms with Crippen molar-refractivity contribution < 1.29 is 19.2 Å². The Kier molecular flexibility index (Phi) is 9.34. The Morgan fingerprint density at radius 1 is 0.900 bits per heavy atom. The van der Waals surface area contributed by atoms with Gasteiger partial charge >= 0.3 is 12.1 Å². The second-order valence-corrected chi connectivity index (χ2v) is 11.7. The van der Waals surface area contributed by atoms with Crippen LogP contribution in [-0.4, -0.2) is 51.9 Å². The first-order valence-corrected chi connectivity index (χ1v) is 12.8. The molecule has 1 amide bonds. The summed E-state index contributed by atoms with van der Waals surface area (Å²) in [6.07, 6.45) is 12.9. The Balaban J connectivity index is 2.17. The summed E-state index contributed by atoms with van der Waals surface area (Å²) in [5, 5.41) is 4.81. The van der Waals surface area contributed by atoms with Crippen LogP contribution in [0.3, 0.4) is 0 Å². The van der Waals surface area contributed by atoms with Crippen LogP contribution in [0.5, 0.6) is 0 Å². The predicted molar refractivity (Wildman–Crippen MR) is 122 cm³/mol. The number of ether oxygens (including phenoxy) is 1. The summed E-state index contributed by atoms with van der Waals surface area (Å²) in [7, 11) is 0. The minimum absolute atomic E-state index is 0.283. The van der Waals surface area contributed by atoms with Crippen molar-refractivity contribution in [1.82, 2.24) is 10.4 Å². The number of amides is 1. The molecule has 1 N–H and O–H groups in total. The first-order chi connectivity index (χ1) is 14.0. The molecule has 2 rings (SSSR count). The van der Waals surface area contributed by atoms with Crippen LogP contribution in [0, 0.1) is 0 Å². The molecule has 0 aromatic heterocycles. The predicted octanol–water partition coefficient (Wildman–Crippen LogP) is 5.45. The fourth-order valence-corrected chi connectivity index (χ4v) is 4.73. The molecule has 0 radical (unpaired) electrons. The van der Waals surface area contributed by atoms with E-state index in [-0.39, 0.29) is 12.1 Å². The van der Waals surface area contributed by atoms with E-state index in [0.29, 0.717) is 0 Å². The molecule has 0 aromatic rings. The number of carbonyl (C=O) groups excluding carboxylic acids is 2. The molecular weight excluding hydrogens is 400 g/mol. The molecule has 0 unspecified atom stereocenters. The SMILES string of the molecule is CSC(C)(C)[C@H](NC(=O)OC(C)(C)C)C(=O)ON(C1CCCCC1)C1CCCCC1. The molecule has 0 aromatic carbocycles. The van der Waals surface area contributed by atoms with Crippen LogP contribution < -0.4 is 5.32 Å². The lowest BCUT2D eigenvalue weighted by molar-refractivity contribution is -0.225. The topological polar surface area (TPSA) is 67.9 Å². The van der Waals surface area contributed by atoms with Crippen LogP contribution >= 0.6 is 11.8 Å². The number of hydrogen-bond acceptors (Lipinski definition) is 6. The van der Waals surface area contributed by atoms with Gasteiger partial charge in [0, 0.05) is 16.8 Å². The number of nitrogens with zero attached hydrogens (tertiary/aromatic N) is 1. The second kappa shape index (κ2) is 11.1. The van der Waals surface area contributed by atoms with Gasteiger partial charge in [-0.15, -0.1) is 5.06 Å². The zero-order valence-electron chi connectivity index (χ0n) is 19.8. The molecule has 0 bridgehead atoms. The van der Waals surface area contributed by atoms with Gasteiger partial charge in [-0.25, -0.2) is 9.59 Å². The fraction of sp³-hybridized carbons (Fsp3) is 0.913. The van der Waals surface area contributed by atoms with Gasteiger partial charge in [-0.2, -0.15) is 11.8 Å². The number of thioether (sulfide) groups is 1. The molecule has 2 fully saturated rings. The van der Waals surface area contributed by atoms with Gasteiger partial charge in [-0.3, -0.25) is 0 Å². The monoisotopic (exact) mass is 442 g/mol. The lowest BCUT2D eigenvalue weighted by Gasteiger charge is -2.41. The molecule has 7 heteroatoms. The Morgan fingerprint density at radius 3 is 1.77 bits per heavy atom. The average Bonchev–Trinajstić information content (AvgIpc) is 2.70. The Morgan fingerprint density at radius 2 is 1.37 bits per heavy atom.